The van der Waals surface area contributed by atoms with Crippen LogP contribution in [0.5, 0.6) is 11.5 Å². The summed E-state index contributed by atoms with van der Waals surface area (Å²) in [6.45, 7) is 4.91. The Bertz CT molecular complexity index is 1240. The fourth-order valence-electron chi connectivity index (χ4n) is 3.54. The molecule has 0 radical (unpaired) electrons. The van der Waals surface area contributed by atoms with E-state index < -0.39 is 28.5 Å². The van der Waals surface area contributed by atoms with E-state index in [1.807, 2.05) is 13.8 Å². The molecule has 36 heavy (non-hydrogen) atoms. The van der Waals surface area contributed by atoms with Gasteiger partial charge in [0.2, 0.25) is 28.6 Å². The van der Waals surface area contributed by atoms with Crippen molar-refractivity contribution in [2.24, 2.45) is 0 Å². The predicted octanol–water partition coefficient (Wildman–Crippen LogP) is 3.82. The first-order valence-electron chi connectivity index (χ1n) is 11.3. The summed E-state index contributed by atoms with van der Waals surface area (Å²) in [7, 11) is -3.87. The van der Waals surface area contributed by atoms with Crippen LogP contribution in [0.25, 0.3) is 0 Å². The maximum Gasteiger partial charge on any atom is 0.244 e. The molecule has 3 rings (SSSR count). The van der Waals surface area contributed by atoms with Crippen LogP contribution in [-0.4, -0.2) is 56.8 Å². The maximum absolute atomic E-state index is 13.6. The molecule has 2 aromatic carbocycles. The Labute approximate surface area is 221 Å². The summed E-state index contributed by atoms with van der Waals surface area (Å²) in [6.07, 6.45) is 1.72. The Kier molecular flexibility index (Phi) is 8.97. The quantitative estimate of drug-likeness (QED) is 0.476. The van der Waals surface area contributed by atoms with E-state index in [1.54, 1.807) is 31.2 Å². The number of hydrogen-bond acceptors (Lipinski definition) is 6. The van der Waals surface area contributed by atoms with Gasteiger partial charge < -0.3 is 19.7 Å². The minimum Gasteiger partial charge on any atom is -0.454 e. The standard InChI is InChI=1S/C24H29Cl2N3O6S/c1-5-15(2)27-24(31)16(3)28(12-17-6-8-19(25)20(26)10-17)23(30)13-29(36(4,32)33)18-7-9-21-22(11-18)35-14-34-21/h6-11,15-16H,5,12-14H2,1-4H3,(H,27,31)/t15-,16-/m1/s1. The summed E-state index contributed by atoms with van der Waals surface area (Å²) >= 11 is 12.2. The Morgan fingerprint density at radius 3 is 2.39 bits per heavy atom. The van der Waals surface area contributed by atoms with Crippen molar-refractivity contribution in [1.29, 1.82) is 0 Å². The Balaban J connectivity index is 1.92. The van der Waals surface area contributed by atoms with Crippen molar-refractivity contribution in [2.45, 2.75) is 45.8 Å². The van der Waals surface area contributed by atoms with E-state index in [-0.39, 0.29) is 31.0 Å². The molecule has 1 N–H and O–H groups in total. The van der Waals surface area contributed by atoms with Crippen molar-refractivity contribution < 1.29 is 27.5 Å². The van der Waals surface area contributed by atoms with Gasteiger partial charge >= 0.3 is 0 Å². The van der Waals surface area contributed by atoms with Gasteiger partial charge in [-0.15, -0.1) is 0 Å². The van der Waals surface area contributed by atoms with Crippen molar-refractivity contribution >= 4 is 50.7 Å². The van der Waals surface area contributed by atoms with E-state index in [2.05, 4.69) is 5.32 Å². The molecular weight excluding hydrogens is 529 g/mol. The number of carbonyl (C=O) groups excluding carboxylic acids is 2. The van der Waals surface area contributed by atoms with Gasteiger partial charge in [0.15, 0.2) is 11.5 Å². The van der Waals surface area contributed by atoms with Gasteiger partial charge in [0.1, 0.15) is 12.6 Å². The molecule has 0 spiro atoms. The second-order valence-electron chi connectivity index (χ2n) is 8.57. The molecule has 0 saturated carbocycles. The molecule has 2 atom stereocenters. The summed E-state index contributed by atoms with van der Waals surface area (Å²) in [6, 6.07) is 8.53. The topological polar surface area (TPSA) is 105 Å². The highest BCUT2D eigenvalue weighted by Gasteiger charge is 2.31. The molecule has 0 aliphatic carbocycles. The van der Waals surface area contributed by atoms with Gasteiger partial charge in [-0.2, -0.15) is 0 Å². The fourth-order valence-corrected chi connectivity index (χ4v) is 4.70. The first kappa shape index (κ1) is 27.9. The number of nitrogens with zero attached hydrogens (tertiary/aromatic N) is 2. The summed E-state index contributed by atoms with van der Waals surface area (Å²) in [5, 5.41) is 3.53. The van der Waals surface area contributed by atoms with Crippen molar-refractivity contribution in [1.82, 2.24) is 10.2 Å². The molecule has 0 unspecified atom stereocenters. The molecule has 0 bridgehead atoms. The molecule has 2 amide bonds. The number of nitrogens with one attached hydrogen (secondary N) is 1. The van der Waals surface area contributed by atoms with Gasteiger partial charge in [0, 0.05) is 18.7 Å². The summed E-state index contributed by atoms with van der Waals surface area (Å²) < 4.78 is 37.0. The number of carbonyl (C=O) groups is 2. The van der Waals surface area contributed by atoms with Crippen LogP contribution >= 0.6 is 23.2 Å². The number of anilines is 1. The number of hydrogen-bond donors (Lipinski definition) is 1. The zero-order chi connectivity index (χ0) is 26.6. The Morgan fingerprint density at radius 1 is 1.06 bits per heavy atom. The third-order valence-electron chi connectivity index (χ3n) is 5.83. The highest BCUT2D eigenvalue weighted by Crippen LogP contribution is 2.36. The highest BCUT2D eigenvalue weighted by molar-refractivity contribution is 7.92. The highest BCUT2D eigenvalue weighted by atomic mass is 35.5. The number of benzene rings is 2. The van der Waals surface area contributed by atoms with Crippen LogP contribution in [0.3, 0.4) is 0 Å². The maximum atomic E-state index is 13.6. The van der Waals surface area contributed by atoms with Gasteiger partial charge in [-0.1, -0.05) is 36.2 Å². The molecule has 0 fully saturated rings. The van der Waals surface area contributed by atoms with Crippen LogP contribution in [0.2, 0.25) is 10.0 Å². The second kappa shape index (κ2) is 11.6. The lowest BCUT2D eigenvalue weighted by atomic mass is 10.1. The summed E-state index contributed by atoms with van der Waals surface area (Å²) in [5.74, 6) is -0.0691. The van der Waals surface area contributed by atoms with E-state index in [1.165, 1.54) is 17.0 Å². The molecule has 1 heterocycles. The molecule has 9 nitrogen and oxygen atoms in total. The monoisotopic (exact) mass is 557 g/mol. The summed E-state index contributed by atoms with van der Waals surface area (Å²) in [4.78, 5) is 27.8. The third kappa shape index (κ3) is 6.74. The van der Waals surface area contributed by atoms with Gasteiger partial charge in [-0.25, -0.2) is 8.42 Å². The minimum absolute atomic E-state index is 0.0174. The van der Waals surface area contributed by atoms with Crippen molar-refractivity contribution in [3.05, 3.63) is 52.0 Å². The molecule has 0 saturated heterocycles. The normalized spacial score (nSPS) is 14.2. The Hall–Kier alpha value is -2.69. The van der Waals surface area contributed by atoms with Gasteiger partial charge in [-0.05, 0) is 50.1 Å². The number of amides is 2. The number of sulfonamides is 1. The van der Waals surface area contributed by atoms with Crippen LogP contribution in [0.4, 0.5) is 5.69 Å². The first-order valence-corrected chi connectivity index (χ1v) is 13.9. The minimum atomic E-state index is -3.87. The molecular formula is C24H29Cl2N3O6S. The lowest BCUT2D eigenvalue weighted by Crippen LogP contribution is -2.52. The van der Waals surface area contributed by atoms with E-state index in [4.69, 9.17) is 32.7 Å². The van der Waals surface area contributed by atoms with E-state index in [0.717, 1.165) is 10.6 Å². The zero-order valence-electron chi connectivity index (χ0n) is 20.5. The average molecular weight is 558 g/mol. The average Bonchev–Trinajstić information content (AvgIpc) is 3.29. The fraction of sp³-hybridized carbons (Fsp3) is 0.417. The zero-order valence-corrected chi connectivity index (χ0v) is 22.8. The van der Waals surface area contributed by atoms with Gasteiger partial charge in [0.25, 0.3) is 0 Å². The lowest BCUT2D eigenvalue weighted by Gasteiger charge is -2.32. The molecule has 2 aromatic rings. The smallest absolute Gasteiger partial charge is 0.244 e. The van der Waals surface area contributed by atoms with Crippen LogP contribution in [-0.2, 0) is 26.2 Å². The Morgan fingerprint density at radius 2 is 1.75 bits per heavy atom. The molecule has 0 aromatic heterocycles. The van der Waals surface area contributed by atoms with Crippen LogP contribution < -0.4 is 19.1 Å². The molecule has 196 valence electrons. The van der Waals surface area contributed by atoms with Crippen LogP contribution in [0.1, 0.15) is 32.8 Å². The van der Waals surface area contributed by atoms with Crippen LogP contribution in [0, 0.1) is 0 Å². The summed E-state index contributed by atoms with van der Waals surface area (Å²) in [5.41, 5.74) is 0.872. The number of rotatable bonds is 10. The van der Waals surface area contributed by atoms with Crippen molar-refractivity contribution in [3.63, 3.8) is 0 Å². The molecule has 12 heteroatoms. The SMILES string of the molecule is CC[C@@H](C)NC(=O)[C@@H](C)N(Cc1ccc(Cl)c(Cl)c1)C(=O)CN(c1ccc2c(c1)OCO2)S(C)(=O)=O. The van der Waals surface area contributed by atoms with Gasteiger partial charge in [0.05, 0.1) is 22.0 Å². The number of halogens is 2. The first-order chi connectivity index (χ1) is 16.9. The second-order valence-corrected chi connectivity index (χ2v) is 11.3. The largest absolute Gasteiger partial charge is 0.454 e. The van der Waals surface area contributed by atoms with E-state index in [9.17, 15) is 18.0 Å². The lowest BCUT2D eigenvalue weighted by molar-refractivity contribution is -0.139. The van der Waals surface area contributed by atoms with Crippen molar-refractivity contribution in [3.8, 4) is 11.5 Å². The number of ether oxygens (including phenoxy) is 2. The third-order valence-corrected chi connectivity index (χ3v) is 7.71. The predicted molar refractivity (Wildman–Crippen MR) is 139 cm³/mol. The van der Waals surface area contributed by atoms with Crippen LogP contribution in [0.15, 0.2) is 36.4 Å². The number of fused-ring (bicyclic) bond motifs is 1. The molecule has 1 aliphatic heterocycles. The van der Waals surface area contributed by atoms with Crippen molar-refractivity contribution in [2.75, 3.05) is 23.9 Å². The molecule has 1 aliphatic rings. The van der Waals surface area contributed by atoms with E-state index in [0.29, 0.717) is 33.5 Å². The van der Waals surface area contributed by atoms with Gasteiger partial charge in [-0.3, -0.25) is 13.9 Å². The van der Waals surface area contributed by atoms with E-state index >= 15 is 0 Å².